The number of hydrogen-bond acceptors (Lipinski definition) is 4. The van der Waals surface area contributed by atoms with Crippen molar-refractivity contribution in [1.29, 1.82) is 0 Å². The zero-order chi connectivity index (χ0) is 27.3. The molecule has 0 unspecified atom stereocenters. The average molecular weight is 587 g/mol. The van der Waals surface area contributed by atoms with Crippen LogP contribution >= 0.6 is 15.9 Å². The van der Waals surface area contributed by atoms with Crippen molar-refractivity contribution in [3.63, 3.8) is 0 Å². The summed E-state index contributed by atoms with van der Waals surface area (Å²) in [5.41, 5.74) is 3.81. The lowest BCUT2D eigenvalue weighted by molar-refractivity contribution is -0.139. The van der Waals surface area contributed by atoms with Gasteiger partial charge < -0.3 is 10.2 Å². The molecule has 3 rings (SSSR count). The molecule has 37 heavy (non-hydrogen) atoms. The molecule has 0 saturated carbocycles. The van der Waals surface area contributed by atoms with Crippen LogP contribution in [0, 0.1) is 20.8 Å². The van der Waals surface area contributed by atoms with E-state index >= 15 is 0 Å². The largest absolute Gasteiger partial charge is 0.357 e. The van der Waals surface area contributed by atoms with E-state index in [0.29, 0.717) is 5.69 Å². The third kappa shape index (κ3) is 6.59. The van der Waals surface area contributed by atoms with Gasteiger partial charge in [0.25, 0.3) is 10.0 Å². The van der Waals surface area contributed by atoms with Gasteiger partial charge in [-0.1, -0.05) is 57.9 Å². The SMILES string of the molecule is CNC(=O)[C@@H](C)N(Cc1ccc(Br)cc1)C(=O)CN(c1cccc(C)c1C)S(=O)(=O)c1ccc(C)cc1. The van der Waals surface area contributed by atoms with E-state index in [0.717, 1.165) is 31.0 Å². The quantitative estimate of drug-likeness (QED) is 0.393. The Hall–Kier alpha value is -3.17. The Morgan fingerprint density at radius 3 is 2.16 bits per heavy atom. The van der Waals surface area contributed by atoms with Crippen LogP contribution in [-0.2, 0) is 26.2 Å². The fourth-order valence-corrected chi connectivity index (χ4v) is 5.67. The van der Waals surface area contributed by atoms with Crippen LogP contribution in [-0.4, -0.2) is 44.8 Å². The predicted octanol–water partition coefficient (Wildman–Crippen LogP) is 4.73. The first kappa shape index (κ1) is 28.4. The molecule has 0 bridgehead atoms. The van der Waals surface area contributed by atoms with Crippen LogP contribution in [0.1, 0.15) is 29.2 Å². The van der Waals surface area contributed by atoms with Gasteiger partial charge in [0.2, 0.25) is 11.8 Å². The van der Waals surface area contributed by atoms with Crippen molar-refractivity contribution in [3.05, 3.63) is 93.5 Å². The normalized spacial score (nSPS) is 12.1. The van der Waals surface area contributed by atoms with Crippen molar-refractivity contribution in [2.24, 2.45) is 0 Å². The van der Waals surface area contributed by atoms with Gasteiger partial charge in [-0.2, -0.15) is 0 Å². The van der Waals surface area contributed by atoms with Crippen LogP contribution in [0.3, 0.4) is 0 Å². The Bertz CT molecular complexity index is 1370. The molecule has 1 N–H and O–H groups in total. The minimum absolute atomic E-state index is 0.0885. The van der Waals surface area contributed by atoms with Gasteiger partial charge in [-0.15, -0.1) is 0 Å². The third-order valence-corrected chi connectivity index (χ3v) is 8.72. The standard InChI is InChI=1S/C28H32BrN3O4S/c1-19-9-15-25(16-10-19)37(35,36)32(26-8-6-7-20(2)21(26)3)18-27(33)31(22(4)28(34)30-5)17-23-11-13-24(29)14-12-23/h6-16,22H,17-18H2,1-5H3,(H,30,34)/t22-/m1/s1. The van der Waals surface area contributed by atoms with E-state index in [2.05, 4.69) is 21.2 Å². The number of nitrogens with one attached hydrogen (secondary N) is 1. The summed E-state index contributed by atoms with van der Waals surface area (Å²) in [6.45, 7) is 6.92. The van der Waals surface area contributed by atoms with Gasteiger partial charge in [0.15, 0.2) is 0 Å². The highest BCUT2D eigenvalue weighted by Gasteiger charge is 2.33. The maximum absolute atomic E-state index is 13.9. The third-order valence-electron chi connectivity index (χ3n) is 6.41. The number of carbonyl (C=O) groups excluding carboxylic acids is 2. The number of sulfonamides is 1. The van der Waals surface area contributed by atoms with E-state index in [4.69, 9.17) is 0 Å². The lowest BCUT2D eigenvalue weighted by Crippen LogP contribution is -2.50. The van der Waals surface area contributed by atoms with Gasteiger partial charge >= 0.3 is 0 Å². The number of halogens is 1. The molecule has 3 aromatic carbocycles. The fourth-order valence-electron chi connectivity index (χ4n) is 3.93. The number of aryl methyl sites for hydroxylation is 2. The second-order valence-electron chi connectivity index (χ2n) is 8.98. The fraction of sp³-hybridized carbons (Fsp3) is 0.286. The Kier molecular flexibility index (Phi) is 9.15. The van der Waals surface area contributed by atoms with Gasteiger partial charge in [-0.3, -0.25) is 13.9 Å². The van der Waals surface area contributed by atoms with Crippen molar-refractivity contribution in [3.8, 4) is 0 Å². The number of anilines is 1. The topological polar surface area (TPSA) is 86.8 Å². The second kappa shape index (κ2) is 11.9. The minimum Gasteiger partial charge on any atom is -0.357 e. The predicted molar refractivity (Wildman–Crippen MR) is 150 cm³/mol. The number of nitrogens with zero attached hydrogens (tertiary/aromatic N) is 2. The number of rotatable bonds is 9. The highest BCUT2D eigenvalue weighted by Crippen LogP contribution is 2.29. The Labute approximate surface area is 227 Å². The Balaban J connectivity index is 2.07. The zero-order valence-corrected chi connectivity index (χ0v) is 24.1. The molecule has 0 fully saturated rings. The smallest absolute Gasteiger partial charge is 0.264 e. The molecule has 1 atom stereocenters. The summed E-state index contributed by atoms with van der Waals surface area (Å²) in [6, 6.07) is 18.5. The van der Waals surface area contributed by atoms with Crippen LogP contribution in [0.5, 0.6) is 0 Å². The van der Waals surface area contributed by atoms with Crippen molar-refractivity contribution < 1.29 is 18.0 Å². The van der Waals surface area contributed by atoms with E-state index in [1.54, 1.807) is 43.3 Å². The molecule has 196 valence electrons. The monoisotopic (exact) mass is 585 g/mol. The Morgan fingerprint density at radius 1 is 0.946 bits per heavy atom. The summed E-state index contributed by atoms with van der Waals surface area (Å²) in [7, 11) is -2.58. The molecule has 0 aliphatic rings. The molecular formula is C28H32BrN3O4S. The molecule has 3 aromatic rings. The average Bonchev–Trinajstić information content (AvgIpc) is 2.88. The summed E-state index contributed by atoms with van der Waals surface area (Å²) in [5.74, 6) is -0.833. The zero-order valence-electron chi connectivity index (χ0n) is 21.7. The summed E-state index contributed by atoms with van der Waals surface area (Å²) in [6.07, 6.45) is 0. The second-order valence-corrected chi connectivity index (χ2v) is 11.8. The maximum atomic E-state index is 13.9. The van der Waals surface area contributed by atoms with Crippen LogP contribution in [0.15, 0.2) is 76.1 Å². The Morgan fingerprint density at radius 2 is 1.57 bits per heavy atom. The number of amides is 2. The molecule has 0 heterocycles. The summed E-state index contributed by atoms with van der Waals surface area (Å²) >= 11 is 3.41. The van der Waals surface area contributed by atoms with Gasteiger partial charge in [0, 0.05) is 18.1 Å². The van der Waals surface area contributed by atoms with Crippen LogP contribution in [0.4, 0.5) is 5.69 Å². The number of likely N-dealkylation sites (N-methyl/N-ethyl adjacent to an activating group) is 1. The molecule has 0 aromatic heterocycles. The number of hydrogen-bond donors (Lipinski definition) is 1. The first-order chi connectivity index (χ1) is 17.4. The minimum atomic E-state index is -4.09. The molecule has 0 spiro atoms. The van der Waals surface area contributed by atoms with Crippen LogP contribution in [0.2, 0.25) is 0 Å². The first-order valence-electron chi connectivity index (χ1n) is 11.9. The van der Waals surface area contributed by atoms with E-state index < -0.39 is 28.5 Å². The van der Waals surface area contributed by atoms with Crippen LogP contribution in [0.25, 0.3) is 0 Å². The molecular weight excluding hydrogens is 554 g/mol. The van der Waals surface area contributed by atoms with Crippen LogP contribution < -0.4 is 9.62 Å². The number of benzene rings is 3. The lowest BCUT2D eigenvalue weighted by atomic mass is 10.1. The van der Waals surface area contributed by atoms with Crippen molar-refractivity contribution >= 4 is 43.5 Å². The summed E-state index contributed by atoms with van der Waals surface area (Å²) in [4.78, 5) is 27.9. The van der Waals surface area contributed by atoms with E-state index in [9.17, 15) is 18.0 Å². The molecule has 7 nitrogen and oxygen atoms in total. The summed E-state index contributed by atoms with van der Waals surface area (Å²) in [5, 5.41) is 2.59. The highest BCUT2D eigenvalue weighted by molar-refractivity contribution is 9.10. The number of carbonyl (C=O) groups is 2. The van der Waals surface area contributed by atoms with Crippen molar-refractivity contribution in [1.82, 2.24) is 10.2 Å². The van der Waals surface area contributed by atoms with Gasteiger partial charge in [0.1, 0.15) is 12.6 Å². The molecule has 2 amide bonds. The first-order valence-corrected chi connectivity index (χ1v) is 14.1. The molecule has 0 aliphatic heterocycles. The summed E-state index contributed by atoms with van der Waals surface area (Å²) < 4.78 is 29.8. The molecule has 0 radical (unpaired) electrons. The van der Waals surface area contributed by atoms with Crippen molar-refractivity contribution in [2.45, 2.75) is 45.2 Å². The maximum Gasteiger partial charge on any atom is 0.264 e. The van der Waals surface area contributed by atoms with E-state index in [1.165, 1.54) is 11.9 Å². The van der Waals surface area contributed by atoms with Gasteiger partial charge in [-0.05, 0) is 74.7 Å². The highest BCUT2D eigenvalue weighted by atomic mass is 79.9. The molecule has 9 heteroatoms. The lowest BCUT2D eigenvalue weighted by Gasteiger charge is -2.32. The van der Waals surface area contributed by atoms with Gasteiger partial charge in [0.05, 0.1) is 10.6 Å². The molecule has 0 aliphatic carbocycles. The van der Waals surface area contributed by atoms with Crippen molar-refractivity contribution in [2.75, 3.05) is 17.9 Å². The molecule has 0 saturated heterocycles. The van der Waals surface area contributed by atoms with E-state index in [-0.39, 0.29) is 17.3 Å². The van der Waals surface area contributed by atoms with Gasteiger partial charge in [-0.25, -0.2) is 8.42 Å². The van der Waals surface area contributed by atoms with E-state index in [1.807, 2.05) is 51.1 Å².